The molecule has 0 aromatic heterocycles. The van der Waals surface area contributed by atoms with E-state index in [0.717, 1.165) is 33.0 Å². The van der Waals surface area contributed by atoms with Crippen LogP contribution in [0.3, 0.4) is 0 Å². The maximum Gasteiger partial charge on any atom is 0.264 e. The summed E-state index contributed by atoms with van der Waals surface area (Å²) in [6, 6.07) is 18.6. The van der Waals surface area contributed by atoms with Crippen LogP contribution in [0.1, 0.15) is 48.9 Å². The van der Waals surface area contributed by atoms with E-state index in [4.69, 9.17) is 4.74 Å². The zero-order valence-electron chi connectivity index (χ0n) is 24.8. The first kappa shape index (κ1) is 31.7. The molecule has 3 rings (SSSR count). The van der Waals surface area contributed by atoms with Gasteiger partial charge in [-0.1, -0.05) is 67.4 Å². The van der Waals surface area contributed by atoms with Crippen molar-refractivity contribution in [1.29, 1.82) is 0 Å². The first-order valence-electron chi connectivity index (χ1n) is 13.9. The van der Waals surface area contributed by atoms with E-state index >= 15 is 0 Å². The largest absolute Gasteiger partial charge is 0.495 e. The van der Waals surface area contributed by atoms with Crippen LogP contribution in [0.5, 0.6) is 5.75 Å². The average molecular weight is 580 g/mol. The summed E-state index contributed by atoms with van der Waals surface area (Å²) in [5.41, 5.74) is 3.88. The Kier molecular flexibility index (Phi) is 10.9. The van der Waals surface area contributed by atoms with E-state index < -0.39 is 28.5 Å². The lowest BCUT2D eigenvalue weighted by molar-refractivity contribution is -0.140. The molecular formula is C32H41N3O5S. The standard InChI is InChI=1S/C32H41N3O5S/c1-7-19-33-32(37)28(8-2)34(21-26-14-9-23(3)10-15-26)31(36)22-35(29-20-25(5)13-18-30(29)40-6)41(38,39)27-16-11-24(4)12-17-27/h9-18,20,28H,7-8,19,21-22H2,1-6H3,(H,33,37)/t28-/m1/s1. The van der Waals surface area contributed by atoms with E-state index in [9.17, 15) is 18.0 Å². The van der Waals surface area contributed by atoms with Crippen LogP contribution in [0.4, 0.5) is 5.69 Å². The van der Waals surface area contributed by atoms with Crippen LogP contribution in [0.25, 0.3) is 0 Å². The number of benzene rings is 3. The van der Waals surface area contributed by atoms with Gasteiger partial charge in [0, 0.05) is 13.1 Å². The van der Waals surface area contributed by atoms with E-state index in [1.165, 1.54) is 24.1 Å². The quantitative estimate of drug-likeness (QED) is 0.302. The minimum absolute atomic E-state index is 0.0530. The van der Waals surface area contributed by atoms with Gasteiger partial charge < -0.3 is 15.0 Å². The molecule has 1 N–H and O–H groups in total. The summed E-state index contributed by atoms with van der Waals surface area (Å²) in [7, 11) is -2.73. The van der Waals surface area contributed by atoms with Crippen molar-refractivity contribution in [1.82, 2.24) is 10.2 Å². The average Bonchev–Trinajstić information content (AvgIpc) is 2.95. The predicted molar refractivity (Wildman–Crippen MR) is 163 cm³/mol. The highest BCUT2D eigenvalue weighted by molar-refractivity contribution is 7.92. The van der Waals surface area contributed by atoms with Crippen LogP contribution in [0, 0.1) is 20.8 Å². The summed E-state index contributed by atoms with van der Waals surface area (Å²) in [5.74, 6) is -0.448. The SMILES string of the molecule is CCCNC(=O)[C@@H](CC)N(Cc1ccc(C)cc1)C(=O)CN(c1cc(C)ccc1OC)S(=O)(=O)c1ccc(C)cc1. The smallest absolute Gasteiger partial charge is 0.264 e. The molecule has 3 aromatic rings. The van der Waals surface area contributed by atoms with E-state index in [0.29, 0.717) is 18.7 Å². The van der Waals surface area contributed by atoms with Gasteiger partial charge in [-0.25, -0.2) is 8.42 Å². The lowest BCUT2D eigenvalue weighted by Gasteiger charge is -2.33. The number of ether oxygens (including phenoxy) is 1. The Balaban J connectivity index is 2.11. The van der Waals surface area contributed by atoms with Crippen molar-refractivity contribution in [2.24, 2.45) is 0 Å². The van der Waals surface area contributed by atoms with Gasteiger partial charge in [-0.3, -0.25) is 13.9 Å². The third-order valence-electron chi connectivity index (χ3n) is 6.90. The van der Waals surface area contributed by atoms with Crippen molar-refractivity contribution < 1.29 is 22.7 Å². The minimum atomic E-state index is -4.19. The van der Waals surface area contributed by atoms with Gasteiger partial charge >= 0.3 is 0 Å². The van der Waals surface area contributed by atoms with Crippen molar-refractivity contribution in [2.75, 3.05) is 24.5 Å². The molecule has 41 heavy (non-hydrogen) atoms. The molecule has 0 radical (unpaired) electrons. The molecule has 0 fully saturated rings. The Labute approximate surface area is 244 Å². The molecule has 0 heterocycles. The molecule has 2 amide bonds. The van der Waals surface area contributed by atoms with E-state index in [1.807, 2.05) is 65.0 Å². The second kappa shape index (κ2) is 14.2. The fourth-order valence-corrected chi connectivity index (χ4v) is 5.94. The number of carbonyl (C=O) groups excluding carboxylic acids is 2. The Morgan fingerprint density at radius 3 is 2.02 bits per heavy atom. The molecule has 0 spiro atoms. The highest BCUT2D eigenvalue weighted by atomic mass is 32.2. The minimum Gasteiger partial charge on any atom is -0.495 e. The molecule has 0 bridgehead atoms. The summed E-state index contributed by atoms with van der Waals surface area (Å²) in [6.45, 7) is 9.61. The molecule has 220 valence electrons. The van der Waals surface area contributed by atoms with E-state index in [-0.39, 0.29) is 23.0 Å². The number of nitrogens with zero attached hydrogens (tertiary/aromatic N) is 2. The first-order chi connectivity index (χ1) is 19.5. The van der Waals surface area contributed by atoms with Crippen LogP contribution in [-0.4, -0.2) is 51.4 Å². The number of hydrogen-bond acceptors (Lipinski definition) is 5. The molecule has 0 aliphatic rings. The Hall–Kier alpha value is -3.85. The number of amides is 2. The molecule has 0 aliphatic heterocycles. The molecule has 0 saturated carbocycles. The number of nitrogens with one attached hydrogen (secondary N) is 1. The summed E-state index contributed by atoms with van der Waals surface area (Å²) in [4.78, 5) is 28.9. The van der Waals surface area contributed by atoms with Gasteiger partial charge in [0.2, 0.25) is 11.8 Å². The lowest BCUT2D eigenvalue weighted by atomic mass is 10.1. The van der Waals surface area contributed by atoms with Crippen LogP contribution in [-0.2, 0) is 26.2 Å². The van der Waals surface area contributed by atoms with E-state index in [2.05, 4.69) is 5.32 Å². The number of sulfonamides is 1. The number of carbonyl (C=O) groups is 2. The Morgan fingerprint density at radius 2 is 1.46 bits per heavy atom. The number of hydrogen-bond donors (Lipinski definition) is 1. The topological polar surface area (TPSA) is 96.0 Å². The second-order valence-electron chi connectivity index (χ2n) is 10.2. The van der Waals surface area contributed by atoms with Crippen LogP contribution < -0.4 is 14.4 Å². The summed E-state index contributed by atoms with van der Waals surface area (Å²) < 4.78 is 34.8. The van der Waals surface area contributed by atoms with Gasteiger partial charge in [0.15, 0.2) is 0 Å². The predicted octanol–water partition coefficient (Wildman–Crippen LogP) is 5.15. The molecule has 0 unspecified atom stereocenters. The summed E-state index contributed by atoms with van der Waals surface area (Å²) in [5, 5.41) is 2.90. The molecule has 3 aromatic carbocycles. The van der Waals surface area contributed by atoms with Gasteiger partial charge in [-0.2, -0.15) is 0 Å². The van der Waals surface area contributed by atoms with Crippen molar-refractivity contribution in [3.63, 3.8) is 0 Å². The Bertz CT molecular complexity index is 1440. The Morgan fingerprint density at radius 1 is 0.878 bits per heavy atom. The fraction of sp³-hybridized carbons (Fsp3) is 0.375. The molecule has 9 heteroatoms. The van der Waals surface area contributed by atoms with Crippen molar-refractivity contribution in [3.8, 4) is 5.75 Å². The molecule has 0 aliphatic carbocycles. The molecule has 8 nitrogen and oxygen atoms in total. The fourth-order valence-electron chi connectivity index (χ4n) is 4.52. The van der Waals surface area contributed by atoms with Gasteiger partial charge in [0.1, 0.15) is 18.3 Å². The number of aryl methyl sites for hydroxylation is 3. The number of anilines is 1. The van der Waals surface area contributed by atoms with Crippen molar-refractivity contribution in [2.45, 2.75) is 64.9 Å². The number of rotatable bonds is 13. The van der Waals surface area contributed by atoms with E-state index in [1.54, 1.807) is 24.3 Å². The van der Waals surface area contributed by atoms with Gasteiger partial charge in [-0.15, -0.1) is 0 Å². The van der Waals surface area contributed by atoms with Crippen LogP contribution in [0.2, 0.25) is 0 Å². The zero-order chi connectivity index (χ0) is 30.2. The molecule has 0 saturated heterocycles. The highest BCUT2D eigenvalue weighted by Crippen LogP contribution is 2.34. The van der Waals surface area contributed by atoms with Crippen LogP contribution in [0.15, 0.2) is 71.6 Å². The zero-order valence-corrected chi connectivity index (χ0v) is 25.6. The second-order valence-corrected chi connectivity index (χ2v) is 12.1. The maximum absolute atomic E-state index is 14.2. The third-order valence-corrected chi connectivity index (χ3v) is 8.67. The first-order valence-corrected chi connectivity index (χ1v) is 15.3. The monoisotopic (exact) mass is 579 g/mol. The lowest BCUT2D eigenvalue weighted by Crippen LogP contribution is -2.52. The van der Waals surface area contributed by atoms with Gasteiger partial charge in [-0.05, 0) is 69.0 Å². The number of methoxy groups -OCH3 is 1. The van der Waals surface area contributed by atoms with Crippen molar-refractivity contribution >= 4 is 27.5 Å². The summed E-state index contributed by atoms with van der Waals surface area (Å²) in [6.07, 6.45) is 1.12. The maximum atomic E-state index is 14.2. The van der Waals surface area contributed by atoms with Gasteiger partial charge in [0.05, 0.1) is 17.7 Å². The third kappa shape index (κ3) is 7.88. The molecule has 1 atom stereocenters. The van der Waals surface area contributed by atoms with Crippen molar-refractivity contribution in [3.05, 3.63) is 89.0 Å². The van der Waals surface area contributed by atoms with Crippen LogP contribution >= 0.6 is 0 Å². The highest BCUT2D eigenvalue weighted by Gasteiger charge is 2.34. The normalized spacial score (nSPS) is 12.0. The molecular weight excluding hydrogens is 538 g/mol. The summed E-state index contributed by atoms with van der Waals surface area (Å²) >= 11 is 0. The van der Waals surface area contributed by atoms with Gasteiger partial charge in [0.25, 0.3) is 10.0 Å².